The maximum atomic E-state index is 12.9. The van der Waals surface area contributed by atoms with Gasteiger partial charge in [0.1, 0.15) is 6.04 Å². The molecule has 1 unspecified atom stereocenters. The number of carbonyl (C=O) groups is 1. The molecular formula is C22H23N5O4. The first-order chi connectivity index (χ1) is 15.1. The number of fused-ring (bicyclic) bond motifs is 1. The predicted molar refractivity (Wildman–Crippen MR) is 114 cm³/mol. The number of carbonyl (C=O) groups excluding carboxylic acids is 1. The minimum absolute atomic E-state index is 0.263. The third-order valence-electron chi connectivity index (χ3n) is 4.99. The fourth-order valence-electron chi connectivity index (χ4n) is 3.57. The van der Waals surface area contributed by atoms with Crippen molar-refractivity contribution in [3.05, 3.63) is 59.6 Å². The number of esters is 1. The summed E-state index contributed by atoms with van der Waals surface area (Å²) in [5.74, 6) is 1.74. The van der Waals surface area contributed by atoms with Crippen LogP contribution in [0.2, 0.25) is 0 Å². The number of pyridine rings is 1. The lowest BCUT2D eigenvalue weighted by Crippen LogP contribution is -2.29. The Bertz CT molecular complexity index is 1140. The zero-order valence-corrected chi connectivity index (χ0v) is 17.7. The van der Waals surface area contributed by atoms with E-state index in [-0.39, 0.29) is 6.61 Å². The van der Waals surface area contributed by atoms with Crippen LogP contribution in [0, 0.1) is 0 Å². The molecule has 0 saturated heterocycles. The Hall–Kier alpha value is -3.88. The molecule has 9 nitrogen and oxygen atoms in total. The smallest absolute Gasteiger partial charge is 0.338 e. The number of nitrogens with zero attached hydrogens (tertiary/aromatic N) is 4. The Morgan fingerprint density at radius 2 is 2.00 bits per heavy atom. The number of allylic oxidation sites excluding steroid dienone is 1. The van der Waals surface area contributed by atoms with Crippen LogP contribution in [0.15, 0.2) is 54.0 Å². The molecule has 3 heterocycles. The number of aromatic nitrogens is 4. The molecule has 9 heteroatoms. The van der Waals surface area contributed by atoms with E-state index in [2.05, 4.69) is 15.3 Å². The number of ether oxygens (including phenoxy) is 3. The summed E-state index contributed by atoms with van der Waals surface area (Å²) in [6, 6.07) is 8.64. The van der Waals surface area contributed by atoms with Gasteiger partial charge >= 0.3 is 5.97 Å². The minimum Gasteiger partial charge on any atom is -0.493 e. The van der Waals surface area contributed by atoms with Crippen LogP contribution in [-0.4, -0.2) is 46.5 Å². The van der Waals surface area contributed by atoms with Crippen molar-refractivity contribution in [2.45, 2.75) is 19.9 Å². The van der Waals surface area contributed by atoms with Gasteiger partial charge in [-0.05, 0) is 43.7 Å². The van der Waals surface area contributed by atoms with Crippen molar-refractivity contribution in [3.63, 3.8) is 0 Å². The molecule has 0 saturated carbocycles. The monoisotopic (exact) mass is 421 g/mol. The van der Waals surface area contributed by atoms with Gasteiger partial charge in [-0.1, -0.05) is 6.07 Å². The lowest BCUT2D eigenvalue weighted by Gasteiger charge is -2.28. The van der Waals surface area contributed by atoms with Gasteiger partial charge < -0.3 is 19.5 Å². The van der Waals surface area contributed by atoms with Gasteiger partial charge in [-0.3, -0.25) is 4.98 Å². The molecule has 0 radical (unpaired) electrons. The molecule has 1 N–H and O–H groups in total. The normalized spacial score (nSPS) is 15.2. The Labute approximate surface area is 179 Å². The zero-order valence-electron chi connectivity index (χ0n) is 17.7. The van der Waals surface area contributed by atoms with E-state index in [4.69, 9.17) is 19.3 Å². The Kier molecular flexibility index (Phi) is 5.57. The summed E-state index contributed by atoms with van der Waals surface area (Å²) in [6.07, 6.45) is 3.38. The second-order valence-electron chi connectivity index (χ2n) is 6.85. The maximum Gasteiger partial charge on any atom is 0.338 e. The van der Waals surface area contributed by atoms with Crippen LogP contribution < -0.4 is 14.8 Å². The first-order valence-electron chi connectivity index (χ1n) is 9.81. The highest BCUT2D eigenvalue weighted by Gasteiger charge is 2.35. The Morgan fingerprint density at radius 3 is 2.68 bits per heavy atom. The van der Waals surface area contributed by atoms with Crippen LogP contribution in [0.25, 0.3) is 11.4 Å². The molecule has 3 aromatic rings. The molecule has 0 amide bonds. The van der Waals surface area contributed by atoms with E-state index in [1.54, 1.807) is 44.3 Å². The quantitative estimate of drug-likeness (QED) is 0.606. The number of hydrogen-bond donors (Lipinski definition) is 1. The van der Waals surface area contributed by atoms with Gasteiger partial charge in [-0.2, -0.15) is 4.98 Å². The second-order valence-corrected chi connectivity index (χ2v) is 6.85. The molecule has 0 aliphatic carbocycles. The summed E-state index contributed by atoms with van der Waals surface area (Å²) in [5.41, 5.74) is 2.65. The van der Waals surface area contributed by atoms with Gasteiger partial charge in [-0.25, -0.2) is 9.48 Å². The summed E-state index contributed by atoms with van der Waals surface area (Å²) in [5, 5.41) is 7.88. The summed E-state index contributed by atoms with van der Waals surface area (Å²) in [6.45, 7) is 3.86. The molecular weight excluding hydrogens is 398 g/mol. The minimum atomic E-state index is -0.562. The third kappa shape index (κ3) is 3.70. The van der Waals surface area contributed by atoms with Crippen molar-refractivity contribution < 1.29 is 19.0 Å². The van der Waals surface area contributed by atoms with E-state index in [0.29, 0.717) is 34.5 Å². The Morgan fingerprint density at radius 1 is 1.19 bits per heavy atom. The van der Waals surface area contributed by atoms with E-state index < -0.39 is 12.0 Å². The van der Waals surface area contributed by atoms with Crippen molar-refractivity contribution in [2.24, 2.45) is 0 Å². The number of nitrogens with one attached hydrogen (secondary N) is 1. The lowest BCUT2D eigenvalue weighted by molar-refractivity contribution is -0.139. The standard InChI is InChI=1S/C22H23N5O4/c1-5-31-21(28)18-13(2)24-22-25-20(15-7-6-10-23-12-15)26-27(22)19(18)14-8-9-16(29-3)17(11-14)30-4/h6-12,19H,5H2,1-4H3,(H,24,25,26). The van der Waals surface area contributed by atoms with Crippen molar-refractivity contribution in [3.8, 4) is 22.9 Å². The van der Waals surface area contributed by atoms with Crippen LogP contribution in [0.5, 0.6) is 11.5 Å². The molecule has 31 heavy (non-hydrogen) atoms. The van der Waals surface area contributed by atoms with Crippen LogP contribution >= 0.6 is 0 Å². The van der Waals surface area contributed by atoms with Gasteiger partial charge in [-0.15, -0.1) is 5.10 Å². The first kappa shape index (κ1) is 20.4. The molecule has 4 rings (SSSR count). The predicted octanol–water partition coefficient (Wildman–Crippen LogP) is 3.21. The van der Waals surface area contributed by atoms with Gasteiger partial charge in [0.2, 0.25) is 5.95 Å². The Balaban J connectivity index is 1.88. The van der Waals surface area contributed by atoms with Gasteiger partial charge in [0.05, 0.1) is 26.4 Å². The van der Waals surface area contributed by atoms with Crippen molar-refractivity contribution in [1.82, 2.24) is 19.7 Å². The fourth-order valence-corrected chi connectivity index (χ4v) is 3.57. The number of rotatable bonds is 6. The largest absolute Gasteiger partial charge is 0.493 e. The molecule has 2 aromatic heterocycles. The van der Waals surface area contributed by atoms with E-state index >= 15 is 0 Å². The third-order valence-corrected chi connectivity index (χ3v) is 4.99. The van der Waals surface area contributed by atoms with E-state index in [0.717, 1.165) is 11.1 Å². The number of anilines is 1. The number of benzene rings is 1. The van der Waals surface area contributed by atoms with Crippen LogP contribution in [0.1, 0.15) is 25.5 Å². The van der Waals surface area contributed by atoms with Gasteiger partial charge in [0, 0.05) is 23.7 Å². The summed E-state index contributed by atoms with van der Waals surface area (Å²) >= 11 is 0. The van der Waals surface area contributed by atoms with E-state index in [1.807, 2.05) is 31.2 Å². The molecule has 1 aliphatic rings. The average molecular weight is 421 g/mol. The highest BCUT2D eigenvalue weighted by atomic mass is 16.5. The second kappa shape index (κ2) is 8.47. The molecule has 160 valence electrons. The molecule has 1 aliphatic heterocycles. The van der Waals surface area contributed by atoms with Gasteiger partial charge in [0.15, 0.2) is 17.3 Å². The summed E-state index contributed by atoms with van der Waals surface area (Å²) in [7, 11) is 3.14. The summed E-state index contributed by atoms with van der Waals surface area (Å²) < 4.78 is 17.9. The maximum absolute atomic E-state index is 12.9. The van der Waals surface area contributed by atoms with Crippen molar-refractivity contribution in [2.75, 3.05) is 26.1 Å². The number of hydrogen-bond acceptors (Lipinski definition) is 8. The topological polar surface area (TPSA) is 100 Å². The van der Waals surface area contributed by atoms with E-state index in [9.17, 15) is 4.79 Å². The van der Waals surface area contributed by atoms with Crippen molar-refractivity contribution >= 4 is 11.9 Å². The molecule has 0 bridgehead atoms. The van der Waals surface area contributed by atoms with Gasteiger partial charge in [0.25, 0.3) is 0 Å². The van der Waals surface area contributed by atoms with Crippen LogP contribution in [-0.2, 0) is 9.53 Å². The first-order valence-corrected chi connectivity index (χ1v) is 9.81. The summed E-state index contributed by atoms with van der Waals surface area (Å²) in [4.78, 5) is 21.7. The lowest BCUT2D eigenvalue weighted by atomic mass is 9.95. The van der Waals surface area contributed by atoms with Crippen LogP contribution in [0.4, 0.5) is 5.95 Å². The number of methoxy groups -OCH3 is 2. The highest BCUT2D eigenvalue weighted by Crippen LogP contribution is 2.39. The molecule has 0 fully saturated rings. The zero-order chi connectivity index (χ0) is 22.0. The fraction of sp³-hybridized carbons (Fsp3) is 0.273. The molecule has 0 spiro atoms. The highest BCUT2D eigenvalue weighted by molar-refractivity contribution is 5.92. The molecule has 1 aromatic carbocycles. The van der Waals surface area contributed by atoms with E-state index in [1.165, 1.54) is 0 Å². The average Bonchev–Trinajstić information content (AvgIpc) is 3.22. The van der Waals surface area contributed by atoms with Crippen LogP contribution in [0.3, 0.4) is 0 Å². The molecule has 1 atom stereocenters. The SMILES string of the molecule is CCOC(=O)C1=C(C)Nc2nc(-c3cccnc3)nn2C1c1ccc(OC)c(OC)c1. The van der Waals surface area contributed by atoms with Crippen molar-refractivity contribution in [1.29, 1.82) is 0 Å².